The lowest BCUT2D eigenvalue weighted by Gasteiger charge is -2.14. The number of fused-ring (bicyclic) bond motifs is 1. The maximum absolute atomic E-state index is 12.3. The standard InChI is InChI=1S/C20H18N2O4/c1-12(23)15-8-4-6-10-17(15)22-19(24)13(2)26-20(25)18-11-14-7-3-5-9-16(14)21-18/h3-11,13,21H,1-2H3,(H,22,24). The summed E-state index contributed by atoms with van der Waals surface area (Å²) in [4.78, 5) is 39.2. The van der Waals surface area contributed by atoms with Gasteiger partial charge in [-0.3, -0.25) is 9.59 Å². The molecule has 6 heteroatoms. The third-order valence-electron chi connectivity index (χ3n) is 3.97. The van der Waals surface area contributed by atoms with E-state index in [1.54, 1.807) is 30.3 Å². The predicted molar refractivity (Wildman–Crippen MR) is 98.3 cm³/mol. The molecule has 1 aromatic heterocycles. The number of ketones is 1. The zero-order chi connectivity index (χ0) is 18.7. The summed E-state index contributed by atoms with van der Waals surface area (Å²) in [5.41, 5.74) is 1.87. The van der Waals surface area contributed by atoms with Crippen LogP contribution in [-0.2, 0) is 9.53 Å². The molecule has 0 fully saturated rings. The molecule has 0 spiro atoms. The molecule has 0 bridgehead atoms. The van der Waals surface area contributed by atoms with Crippen LogP contribution in [0.15, 0.2) is 54.6 Å². The average molecular weight is 350 g/mol. The van der Waals surface area contributed by atoms with Crippen LogP contribution in [0, 0.1) is 0 Å². The SMILES string of the molecule is CC(=O)c1ccccc1NC(=O)C(C)OC(=O)c1cc2ccccc2[nH]1. The van der Waals surface area contributed by atoms with Crippen molar-refractivity contribution in [3.8, 4) is 0 Å². The van der Waals surface area contributed by atoms with Crippen molar-refractivity contribution in [2.75, 3.05) is 5.32 Å². The first-order valence-corrected chi connectivity index (χ1v) is 8.15. The Morgan fingerprint density at radius 3 is 2.46 bits per heavy atom. The van der Waals surface area contributed by atoms with E-state index in [4.69, 9.17) is 4.74 Å². The number of carbonyl (C=O) groups excluding carboxylic acids is 3. The van der Waals surface area contributed by atoms with Crippen LogP contribution in [0.25, 0.3) is 10.9 Å². The van der Waals surface area contributed by atoms with Crippen LogP contribution in [0.2, 0.25) is 0 Å². The van der Waals surface area contributed by atoms with E-state index in [9.17, 15) is 14.4 Å². The van der Waals surface area contributed by atoms with E-state index in [1.807, 2.05) is 24.3 Å². The Hall–Kier alpha value is -3.41. The van der Waals surface area contributed by atoms with Crippen molar-refractivity contribution in [1.82, 2.24) is 4.98 Å². The maximum Gasteiger partial charge on any atom is 0.355 e. The van der Waals surface area contributed by atoms with E-state index >= 15 is 0 Å². The summed E-state index contributed by atoms with van der Waals surface area (Å²) >= 11 is 0. The summed E-state index contributed by atoms with van der Waals surface area (Å²) in [5.74, 6) is -1.30. The van der Waals surface area contributed by atoms with Gasteiger partial charge < -0.3 is 15.0 Å². The lowest BCUT2D eigenvalue weighted by atomic mass is 10.1. The molecule has 0 aliphatic rings. The van der Waals surface area contributed by atoms with Crippen molar-refractivity contribution >= 4 is 34.3 Å². The minimum atomic E-state index is -1.02. The second kappa shape index (κ2) is 7.23. The highest BCUT2D eigenvalue weighted by molar-refractivity contribution is 6.05. The third kappa shape index (κ3) is 3.64. The molecule has 0 saturated heterocycles. The fourth-order valence-corrected chi connectivity index (χ4v) is 2.59. The van der Waals surface area contributed by atoms with Crippen LogP contribution in [0.3, 0.4) is 0 Å². The highest BCUT2D eigenvalue weighted by atomic mass is 16.5. The Morgan fingerprint density at radius 2 is 1.73 bits per heavy atom. The predicted octanol–water partition coefficient (Wildman–Crippen LogP) is 3.55. The Labute approximate surface area is 150 Å². The topological polar surface area (TPSA) is 88.3 Å². The zero-order valence-electron chi connectivity index (χ0n) is 14.4. The number of carbonyl (C=O) groups is 3. The Morgan fingerprint density at radius 1 is 1.04 bits per heavy atom. The smallest absolute Gasteiger partial charge is 0.355 e. The summed E-state index contributed by atoms with van der Waals surface area (Å²) < 4.78 is 5.23. The lowest BCUT2D eigenvalue weighted by molar-refractivity contribution is -0.123. The quantitative estimate of drug-likeness (QED) is 0.544. The van der Waals surface area contributed by atoms with Crippen LogP contribution in [0.5, 0.6) is 0 Å². The second-order valence-electron chi connectivity index (χ2n) is 5.91. The van der Waals surface area contributed by atoms with Crippen molar-refractivity contribution in [2.45, 2.75) is 20.0 Å². The van der Waals surface area contributed by atoms with Gasteiger partial charge in [0, 0.05) is 16.5 Å². The van der Waals surface area contributed by atoms with Crippen molar-refractivity contribution < 1.29 is 19.1 Å². The Kier molecular flexibility index (Phi) is 4.84. The van der Waals surface area contributed by atoms with E-state index < -0.39 is 18.0 Å². The van der Waals surface area contributed by atoms with Gasteiger partial charge in [0.15, 0.2) is 11.9 Å². The molecule has 0 saturated carbocycles. The minimum Gasteiger partial charge on any atom is -0.448 e. The number of Topliss-reactive ketones (excluding diaryl/α,β-unsaturated/α-hetero) is 1. The number of nitrogens with one attached hydrogen (secondary N) is 2. The van der Waals surface area contributed by atoms with Gasteiger partial charge in [-0.2, -0.15) is 0 Å². The Bertz CT molecular complexity index is 957. The second-order valence-corrected chi connectivity index (χ2v) is 5.91. The van der Waals surface area contributed by atoms with E-state index in [-0.39, 0.29) is 11.5 Å². The van der Waals surface area contributed by atoms with Crippen LogP contribution < -0.4 is 5.32 Å². The first-order valence-electron chi connectivity index (χ1n) is 8.15. The van der Waals surface area contributed by atoms with Crippen LogP contribution in [-0.4, -0.2) is 28.7 Å². The highest BCUT2D eigenvalue weighted by Crippen LogP contribution is 2.18. The van der Waals surface area contributed by atoms with Crippen molar-refractivity contribution in [1.29, 1.82) is 0 Å². The molecule has 6 nitrogen and oxygen atoms in total. The zero-order valence-corrected chi connectivity index (χ0v) is 14.4. The minimum absolute atomic E-state index is 0.163. The molecule has 1 amide bonds. The van der Waals surface area contributed by atoms with Gasteiger partial charge in [0.05, 0.1) is 5.69 Å². The van der Waals surface area contributed by atoms with Gasteiger partial charge in [0.25, 0.3) is 5.91 Å². The van der Waals surface area contributed by atoms with Gasteiger partial charge in [0.1, 0.15) is 5.69 Å². The molecule has 1 heterocycles. The number of anilines is 1. The number of ether oxygens (including phenoxy) is 1. The number of aromatic nitrogens is 1. The molecule has 1 atom stereocenters. The summed E-state index contributed by atoms with van der Waals surface area (Å²) in [6.45, 7) is 2.90. The number of hydrogen-bond donors (Lipinski definition) is 2. The van der Waals surface area contributed by atoms with Gasteiger partial charge in [-0.25, -0.2) is 4.79 Å². The normalized spacial score (nSPS) is 11.8. The summed E-state index contributed by atoms with van der Waals surface area (Å²) in [6, 6.07) is 15.8. The number of benzene rings is 2. The molecule has 3 rings (SSSR count). The number of rotatable bonds is 5. The van der Waals surface area contributed by atoms with E-state index in [0.29, 0.717) is 11.3 Å². The van der Waals surface area contributed by atoms with Crippen LogP contribution >= 0.6 is 0 Å². The maximum atomic E-state index is 12.3. The first kappa shape index (κ1) is 17.4. The number of esters is 1. The number of H-pyrrole nitrogens is 1. The molecular weight excluding hydrogens is 332 g/mol. The summed E-state index contributed by atoms with van der Waals surface area (Å²) in [5, 5.41) is 3.51. The monoisotopic (exact) mass is 350 g/mol. The van der Waals surface area contributed by atoms with Gasteiger partial charge in [-0.15, -0.1) is 0 Å². The molecule has 26 heavy (non-hydrogen) atoms. The summed E-state index contributed by atoms with van der Waals surface area (Å²) in [6.07, 6.45) is -1.02. The van der Waals surface area contributed by atoms with Crippen LogP contribution in [0.4, 0.5) is 5.69 Å². The Balaban J connectivity index is 1.69. The number of aromatic amines is 1. The van der Waals surface area contributed by atoms with E-state index in [2.05, 4.69) is 10.3 Å². The van der Waals surface area contributed by atoms with Gasteiger partial charge in [-0.05, 0) is 38.1 Å². The fourth-order valence-electron chi connectivity index (χ4n) is 2.59. The highest BCUT2D eigenvalue weighted by Gasteiger charge is 2.21. The average Bonchev–Trinajstić information content (AvgIpc) is 3.06. The van der Waals surface area contributed by atoms with Crippen molar-refractivity contribution in [2.24, 2.45) is 0 Å². The molecule has 3 aromatic rings. The summed E-state index contributed by atoms with van der Waals surface area (Å²) in [7, 11) is 0. The molecular formula is C20H18N2O4. The van der Waals surface area contributed by atoms with Gasteiger partial charge in [0.2, 0.25) is 0 Å². The van der Waals surface area contributed by atoms with E-state index in [0.717, 1.165) is 10.9 Å². The fraction of sp³-hybridized carbons (Fsp3) is 0.150. The largest absolute Gasteiger partial charge is 0.448 e. The van der Waals surface area contributed by atoms with Gasteiger partial charge >= 0.3 is 5.97 Å². The van der Waals surface area contributed by atoms with Gasteiger partial charge in [-0.1, -0.05) is 30.3 Å². The molecule has 2 N–H and O–H groups in total. The lowest BCUT2D eigenvalue weighted by Crippen LogP contribution is -2.30. The van der Waals surface area contributed by atoms with Crippen molar-refractivity contribution in [3.05, 3.63) is 65.9 Å². The number of para-hydroxylation sites is 2. The number of amides is 1. The van der Waals surface area contributed by atoms with E-state index in [1.165, 1.54) is 13.8 Å². The number of hydrogen-bond acceptors (Lipinski definition) is 4. The molecule has 0 radical (unpaired) electrons. The van der Waals surface area contributed by atoms with Crippen LogP contribution in [0.1, 0.15) is 34.7 Å². The first-order chi connectivity index (χ1) is 12.5. The molecule has 0 aliphatic heterocycles. The molecule has 2 aromatic carbocycles. The van der Waals surface area contributed by atoms with Crippen molar-refractivity contribution in [3.63, 3.8) is 0 Å². The molecule has 0 aliphatic carbocycles. The third-order valence-corrected chi connectivity index (χ3v) is 3.97. The molecule has 132 valence electrons. The molecule has 1 unspecified atom stereocenters.